The fourth-order valence-corrected chi connectivity index (χ4v) is 2.39. The Morgan fingerprint density at radius 3 is 2.50 bits per heavy atom. The Labute approximate surface area is 119 Å². The van der Waals surface area contributed by atoms with Gasteiger partial charge in [-0.2, -0.15) is 15.0 Å². The summed E-state index contributed by atoms with van der Waals surface area (Å²) in [5, 5.41) is 6.24. The molecule has 7 nitrogen and oxygen atoms in total. The summed E-state index contributed by atoms with van der Waals surface area (Å²) in [7, 11) is 3.30. The first-order chi connectivity index (χ1) is 9.51. The van der Waals surface area contributed by atoms with Crippen LogP contribution in [0.2, 0.25) is 0 Å². The summed E-state index contributed by atoms with van der Waals surface area (Å²) in [5.41, 5.74) is 0.0513. The summed E-state index contributed by atoms with van der Waals surface area (Å²) >= 11 is 0. The van der Waals surface area contributed by atoms with Gasteiger partial charge in [-0.3, -0.25) is 0 Å². The van der Waals surface area contributed by atoms with Crippen LogP contribution in [0.1, 0.15) is 27.2 Å². The first-order valence-corrected chi connectivity index (χ1v) is 6.87. The lowest BCUT2D eigenvalue weighted by Gasteiger charge is -2.51. The van der Waals surface area contributed by atoms with Crippen LogP contribution in [0, 0.1) is 5.41 Å². The molecule has 1 aliphatic carbocycles. The minimum atomic E-state index is 0.0513. The summed E-state index contributed by atoms with van der Waals surface area (Å²) < 4.78 is 10.8. The Kier molecular flexibility index (Phi) is 4.27. The Morgan fingerprint density at radius 2 is 1.95 bits per heavy atom. The monoisotopic (exact) mass is 281 g/mol. The summed E-state index contributed by atoms with van der Waals surface area (Å²) in [4.78, 5) is 12.6. The highest BCUT2D eigenvalue weighted by Crippen LogP contribution is 2.44. The largest absolute Gasteiger partial charge is 0.467 e. The number of rotatable bonds is 6. The molecule has 2 atom stereocenters. The van der Waals surface area contributed by atoms with Gasteiger partial charge in [0.1, 0.15) is 0 Å². The molecule has 2 unspecified atom stereocenters. The van der Waals surface area contributed by atoms with Gasteiger partial charge in [0.2, 0.25) is 11.9 Å². The molecule has 0 bridgehead atoms. The Bertz CT molecular complexity index is 444. The number of aromatic nitrogens is 3. The van der Waals surface area contributed by atoms with Crippen LogP contribution in [0.4, 0.5) is 11.9 Å². The topological polar surface area (TPSA) is 81.2 Å². The molecule has 0 saturated heterocycles. The lowest BCUT2D eigenvalue weighted by atomic mass is 9.64. The molecular weight excluding hydrogens is 258 g/mol. The predicted molar refractivity (Wildman–Crippen MR) is 77.1 cm³/mol. The van der Waals surface area contributed by atoms with Crippen molar-refractivity contribution in [2.45, 2.75) is 39.3 Å². The molecule has 1 aromatic rings. The van der Waals surface area contributed by atoms with Gasteiger partial charge in [0, 0.05) is 25.1 Å². The highest BCUT2D eigenvalue weighted by Gasteiger charge is 2.49. The van der Waals surface area contributed by atoms with Crippen molar-refractivity contribution in [2.75, 3.05) is 31.4 Å². The molecule has 1 aromatic heterocycles. The number of nitrogens with zero attached hydrogens (tertiary/aromatic N) is 3. The SMILES string of the molecule is CCOC1CC(Nc2nc(NC)nc(OC)n2)C1(C)C. The quantitative estimate of drug-likeness (QED) is 0.818. The third-order valence-corrected chi connectivity index (χ3v) is 3.87. The third kappa shape index (κ3) is 2.77. The van der Waals surface area contributed by atoms with Gasteiger partial charge in [-0.15, -0.1) is 0 Å². The lowest BCUT2D eigenvalue weighted by Crippen LogP contribution is -2.58. The van der Waals surface area contributed by atoms with Crippen LogP contribution in [0.5, 0.6) is 6.01 Å². The number of hydrogen-bond acceptors (Lipinski definition) is 7. The normalized spacial score (nSPS) is 23.9. The van der Waals surface area contributed by atoms with Crippen molar-refractivity contribution >= 4 is 11.9 Å². The predicted octanol–water partition coefficient (Wildman–Crippen LogP) is 1.54. The first kappa shape index (κ1) is 14.8. The van der Waals surface area contributed by atoms with Gasteiger partial charge in [-0.05, 0) is 13.3 Å². The molecule has 1 fully saturated rings. The standard InChI is InChI=1S/C13H23N5O2/c1-6-20-9-7-8(13(9,2)3)15-11-16-10(14-4)17-12(18-11)19-5/h8-9H,6-7H2,1-5H3,(H2,14,15,16,17,18). The van der Waals surface area contributed by atoms with Crippen molar-refractivity contribution in [1.82, 2.24) is 15.0 Å². The Hall–Kier alpha value is -1.63. The van der Waals surface area contributed by atoms with E-state index in [9.17, 15) is 0 Å². The van der Waals surface area contributed by atoms with Gasteiger partial charge in [0.15, 0.2) is 0 Å². The maximum Gasteiger partial charge on any atom is 0.322 e. The summed E-state index contributed by atoms with van der Waals surface area (Å²) in [6.45, 7) is 7.13. The minimum absolute atomic E-state index is 0.0513. The van der Waals surface area contributed by atoms with Gasteiger partial charge >= 0.3 is 6.01 Å². The number of nitrogens with one attached hydrogen (secondary N) is 2. The third-order valence-electron chi connectivity index (χ3n) is 3.87. The Morgan fingerprint density at radius 1 is 1.25 bits per heavy atom. The van der Waals surface area contributed by atoms with Crippen LogP contribution in [-0.4, -0.2) is 47.9 Å². The lowest BCUT2D eigenvalue weighted by molar-refractivity contribution is -0.0977. The van der Waals surface area contributed by atoms with Gasteiger partial charge in [-0.1, -0.05) is 13.8 Å². The van der Waals surface area contributed by atoms with Crippen LogP contribution >= 0.6 is 0 Å². The molecule has 112 valence electrons. The van der Waals surface area contributed by atoms with E-state index >= 15 is 0 Å². The molecular formula is C13H23N5O2. The zero-order valence-electron chi connectivity index (χ0n) is 12.7. The van der Waals surface area contributed by atoms with E-state index in [0.717, 1.165) is 13.0 Å². The summed E-state index contributed by atoms with van der Waals surface area (Å²) in [6, 6.07) is 0.571. The van der Waals surface area contributed by atoms with Crippen LogP contribution < -0.4 is 15.4 Å². The fraction of sp³-hybridized carbons (Fsp3) is 0.769. The number of ether oxygens (including phenoxy) is 2. The van der Waals surface area contributed by atoms with Gasteiger partial charge < -0.3 is 20.1 Å². The second-order valence-corrected chi connectivity index (χ2v) is 5.42. The summed E-state index contributed by atoms with van der Waals surface area (Å²) in [5.74, 6) is 1.01. The summed E-state index contributed by atoms with van der Waals surface area (Å²) in [6.07, 6.45) is 1.22. The van der Waals surface area contributed by atoms with Crippen molar-refractivity contribution in [1.29, 1.82) is 0 Å². The molecule has 2 N–H and O–H groups in total. The molecule has 1 aliphatic rings. The van der Waals surface area contributed by atoms with Gasteiger partial charge in [0.25, 0.3) is 0 Å². The molecule has 20 heavy (non-hydrogen) atoms. The fourth-order valence-electron chi connectivity index (χ4n) is 2.39. The molecule has 0 radical (unpaired) electrons. The molecule has 0 amide bonds. The van der Waals surface area contributed by atoms with E-state index in [1.807, 2.05) is 6.92 Å². The molecule has 1 heterocycles. The second-order valence-electron chi connectivity index (χ2n) is 5.42. The van der Waals surface area contributed by atoms with E-state index in [0.29, 0.717) is 17.9 Å². The van der Waals surface area contributed by atoms with Crippen molar-refractivity contribution in [3.8, 4) is 6.01 Å². The number of anilines is 2. The van der Waals surface area contributed by atoms with Crippen LogP contribution in [-0.2, 0) is 4.74 Å². The average molecular weight is 281 g/mol. The van der Waals surface area contributed by atoms with Crippen molar-refractivity contribution in [3.63, 3.8) is 0 Å². The van der Waals surface area contributed by atoms with Crippen molar-refractivity contribution < 1.29 is 9.47 Å². The molecule has 0 aliphatic heterocycles. The van der Waals surface area contributed by atoms with E-state index < -0.39 is 0 Å². The molecule has 2 rings (SSSR count). The van der Waals surface area contributed by atoms with Crippen LogP contribution in [0.25, 0.3) is 0 Å². The minimum Gasteiger partial charge on any atom is -0.467 e. The van der Waals surface area contributed by atoms with Gasteiger partial charge in [-0.25, -0.2) is 0 Å². The van der Waals surface area contributed by atoms with E-state index in [4.69, 9.17) is 9.47 Å². The smallest absolute Gasteiger partial charge is 0.322 e. The van der Waals surface area contributed by atoms with E-state index in [2.05, 4.69) is 39.4 Å². The zero-order chi connectivity index (χ0) is 14.8. The van der Waals surface area contributed by atoms with E-state index in [1.54, 1.807) is 7.05 Å². The first-order valence-electron chi connectivity index (χ1n) is 6.87. The number of hydrogen-bond donors (Lipinski definition) is 2. The maximum atomic E-state index is 5.72. The molecule has 0 aromatic carbocycles. The van der Waals surface area contributed by atoms with Crippen LogP contribution in [0.3, 0.4) is 0 Å². The van der Waals surface area contributed by atoms with Crippen LogP contribution in [0.15, 0.2) is 0 Å². The molecule has 0 spiro atoms. The molecule has 7 heteroatoms. The Balaban J connectivity index is 2.07. The zero-order valence-corrected chi connectivity index (χ0v) is 12.7. The molecule has 1 saturated carbocycles. The number of methoxy groups -OCH3 is 1. The highest BCUT2D eigenvalue weighted by atomic mass is 16.5. The van der Waals surface area contributed by atoms with E-state index in [-0.39, 0.29) is 17.6 Å². The highest BCUT2D eigenvalue weighted by molar-refractivity contribution is 5.37. The van der Waals surface area contributed by atoms with Gasteiger partial charge in [0.05, 0.1) is 13.2 Å². The average Bonchev–Trinajstić information content (AvgIpc) is 2.45. The van der Waals surface area contributed by atoms with Crippen molar-refractivity contribution in [3.05, 3.63) is 0 Å². The van der Waals surface area contributed by atoms with Crippen molar-refractivity contribution in [2.24, 2.45) is 5.41 Å². The van der Waals surface area contributed by atoms with E-state index in [1.165, 1.54) is 7.11 Å². The second kappa shape index (κ2) is 5.78. The maximum absolute atomic E-state index is 5.72.